The molecule has 0 unspecified atom stereocenters. The number of anilines is 1. The van der Waals surface area contributed by atoms with E-state index in [0.717, 1.165) is 25.9 Å². The Kier molecular flexibility index (Phi) is 3.79. The maximum Gasteiger partial charge on any atom is 0.241 e. The number of hydrogen-bond donors (Lipinski definition) is 1. The van der Waals surface area contributed by atoms with Crippen molar-refractivity contribution in [2.45, 2.75) is 19.8 Å². The third kappa shape index (κ3) is 2.60. The molecule has 0 aliphatic carbocycles. The summed E-state index contributed by atoms with van der Waals surface area (Å²) < 4.78 is 27.1. The summed E-state index contributed by atoms with van der Waals surface area (Å²) in [5.41, 5.74) is 0.134. The lowest BCUT2D eigenvalue weighted by molar-refractivity contribution is -0.128. The zero-order chi connectivity index (χ0) is 13.1. The average Bonchev–Trinajstić information content (AvgIpc) is 2.87. The van der Waals surface area contributed by atoms with Gasteiger partial charge in [0.05, 0.1) is 6.54 Å². The molecule has 98 valence electrons. The average molecular weight is 254 g/mol. The number of halogens is 2. The normalized spacial score (nSPS) is 14.9. The van der Waals surface area contributed by atoms with Crippen molar-refractivity contribution < 1.29 is 13.6 Å². The summed E-state index contributed by atoms with van der Waals surface area (Å²) in [6, 6.07) is 2.57. The Morgan fingerprint density at radius 2 is 2.00 bits per heavy atom. The first-order valence-electron chi connectivity index (χ1n) is 6.06. The molecule has 1 fully saturated rings. The molecule has 0 saturated carbocycles. The first-order valence-corrected chi connectivity index (χ1v) is 6.06. The van der Waals surface area contributed by atoms with Gasteiger partial charge in [0.25, 0.3) is 0 Å². The van der Waals surface area contributed by atoms with Crippen LogP contribution >= 0.6 is 0 Å². The van der Waals surface area contributed by atoms with Gasteiger partial charge in [0.1, 0.15) is 11.5 Å². The van der Waals surface area contributed by atoms with Crippen LogP contribution in [0.25, 0.3) is 0 Å². The third-order valence-corrected chi connectivity index (χ3v) is 3.16. The van der Waals surface area contributed by atoms with Crippen LogP contribution in [0.15, 0.2) is 12.1 Å². The van der Waals surface area contributed by atoms with Crippen molar-refractivity contribution >= 4 is 11.6 Å². The highest BCUT2D eigenvalue weighted by molar-refractivity contribution is 5.81. The van der Waals surface area contributed by atoms with E-state index in [1.165, 1.54) is 12.1 Å². The molecular formula is C13H16F2N2O. The molecule has 1 aliphatic heterocycles. The molecule has 5 heteroatoms. The summed E-state index contributed by atoms with van der Waals surface area (Å²) in [6.45, 7) is 2.96. The lowest BCUT2D eigenvalue weighted by Gasteiger charge is -2.16. The van der Waals surface area contributed by atoms with Crippen LogP contribution in [-0.2, 0) is 4.79 Å². The van der Waals surface area contributed by atoms with Gasteiger partial charge in [-0.2, -0.15) is 0 Å². The molecule has 1 saturated heterocycles. The van der Waals surface area contributed by atoms with Crippen LogP contribution in [0.3, 0.4) is 0 Å². The highest BCUT2D eigenvalue weighted by atomic mass is 19.1. The van der Waals surface area contributed by atoms with Gasteiger partial charge in [-0.1, -0.05) is 6.07 Å². The highest BCUT2D eigenvalue weighted by Crippen LogP contribution is 2.21. The van der Waals surface area contributed by atoms with E-state index >= 15 is 0 Å². The minimum absolute atomic E-state index is 0.0721. The molecule has 1 aromatic carbocycles. The molecule has 1 N–H and O–H groups in total. The number of hydrogen-bond acceptors (Lipinski definition) is 2. The maximum absolute atomic E-state index is 13.7. The number of carbonyl (C=O) groups is 1. The van der Waals surface area contributed by atoms with Gasteiger partial charge in [-0.25, -0.2) is 8.78 Å². The zero-order valence-corrected chi connectivity index (χ0v) is 10.3. The lowest BCUT2D eigenvalue weighted by Crippen LogP contribution is -2.33. The Morgan fingerprint density at radius 1 is 1.33 bits per heavy atom. The van der Waals surface area contributed by atoms with Crippen LogP contribution < -0.4 is 5.32 Å². The molecule has 0 bridgehead atoms. The summed E-state index contributed by atoms with van der Waals surface area (Å²) in [5.74, 6) is -1.43. The second kappa shape index (κ2) is 5.33. The molecular weight excluding hydrogens is 238 g/mol. The largest absolute Gasteiger partial charge is 0.371 e. The monoisotopic (exact) mass is 254 g/mol. The van der Waals surface area contributed by atoms with Crippen LogP contribution in [0, 0.1) is 18.6 Å². The van der Waals surface area contributed by atoms with E-state index in [-0.39, 0.29) is 18.1 Å². The minimum atomic E-state index is -0.674. The van der Waals surface area contributed by atoms with Crippen LogP contribution in [0.2, 0.25) is 0 Å². The molecule has 0 atom stereocenters. The molecule has 3 nitrogen and oxygen atoms in total. The fourth-order valence-corrected chi connectivity index (χ4v) is 2.06. The Hall–Kier alpha value is -1.65. The van der Waals surface area contributed by atoms with Crippen molar-refractivity contribution in [3.63, 3.8) is 0 Å². The van der Waals surface area contributed by atoms with Crippen LogP contribution in [0.5, 0.6) is 0 Å². The summed E-state index contributed by atoms with van der Waals surface area (Å²) in [4.78, 5) is 13.5. The van der Waals surface area contributed by atoms with Gasteiger partial charge in [0.15, 0.2) is 5.82 Å². The lowest BCUT2D eigenvalue weighted by atomic mass is 10.2. The Morgan fingerprint density at radius 3 is 2.67 bits per heavy atom. The van der Waals surface area contributed by atoms with Crippen molar-refractivity contribution in [3.05, 3.63) is 29.3 Å². The molecule has 18 heavy (non-hydrogen) atoms. The van der Waals surface area contributed by atoms with Crippen molar-refractivity contribution in [1.82, 2.24) is 4.90 Å². The van der Waals surface area contributed by atoms with Crippen molar-refractivity contribution in [2.75, 3.05) is 25.0 Å². The zero-order valence-electron chi connectivity index (χ0n) is 10.3. The molecule has 0 aromatic heterocycles. The van der Waals surface area contributed by atoms with Crippen molar-refractivity contribution in [1.29, 1.82) is 0 Å². The van der Waals surface area contributed by atoms with Crippen LogP contribution in [-0.4, -0.2) is 30.4 Å². The third-order valence-electron chi connectivity index (χ3n) is 3.16. The van der Waals surface area contributed by atoms with Gasteiger partial charge in [-0.3, -0.25) is 4.79 Å². The van der Waals surface area contributed by atoms with E-state index in [1.54, 1.807) is 11.8 Å². The van der Waals surface area contributed by atoms with E-state index in [4.69, 9.17) is 0 Å². The standard InChI is InChI=1S/C13H16F2N2O/c1-9-4-5-10(14)13(12(9)15)16-8-11(18)17-6-2-3-7-17/h4-5,16H,2-3,6-8H2,1H3. The molecule has 1 aliphatic rings. The summed E-state index contributed by atoms with van der Waals surface area (Å²) in [7, 11) is 0. The van der Waals surface area contributed by atoms with E-state index in [2.05, 4.69) is 5.32 Å². The Balaban J connectivity index is 2.01. The fourth-order valence-electron chi connectivity index (χ4n) is 2.06. The van der Waals surface area contributed by atoms with Gasteiger partial charge in [0.2, 0.25) is 5.91 Å². The minimum Gasteiger partial charge on any atom is -0.371 e. The predicted octanol–water partition coefficient (Wildman–Crippen LogP) is 2.31. The SMILES string of the molecule is Cc1ccc(F)c(NCC(=O)N2CCCC2)c1F. The molecule has 0 radical (unpaired) electrons. The van der Waals surface area contributed by atoms with Gasteiger partial charge in [-0.05, 0) is 31.4 Å². The number of benzene rings is 1. The van der Waals surface area contributed by atoms with Gasteiger partial charge < -0.3 is 10.2 Å². The smallest absolute Gasteiger partial charge is 0.241 e. The van der Waals surface area contributed by atoms with Gasteiger partial charge >= 0.3 is 0 Å². The van der Waals surface area contributed by atoms with Crippen molar-refractivity contribution in [2.24, 2.45) is 0 Å². The number of rotatable bonds is 3. The maximum atomic E-state index is 13.7. The number of aryl methyl sites for hydroxylation is 1. The topological polar surface area (TPSA) is 32.3 Å². The molecule has 1 amide bonds. The molecule has 1 aromatic rings. The van der Waals surface area contributed by atoms with E-state index < -0.39 is 11.6 Å². The fraction of sp³-hybridized carbons (Fsp3) is 0.462. The summed E-state index contributed by atoms with van der Waals surface area (Å²) in [5, 5.41) is 2.56. The van der Waals surface area contributed by atoms with Crippen molar-refractivity contribution in [3.8, 4) is 0 Å². The Bertz CT molecular complexity index is 457. The summed E-state index contributed by atoms with van der Waals surface area (Å²) in [6.07, 6.45) is 2.00. The quantitative estimate of drug-likeness (QED) is 0.897. The van der Waals surface area contributed by atoms with Gasteiger partial charge in [0, 0.05) is 13.1 Å². The highest BCUT2D eigenvalue weighted by Gasteiger charge is 2.19. The van der Waals surface area contributed by atoms with E-state index in [0.29, 0.717) is 5.56 Å². The predicted molar refractivity (Wildman–Crippen MR) is 65.4 cm³/mol. The summed E-state index contributed by atoms with van der Waals surface area (Å²) >= 11 is 0. The first kappa shape index (κ1) is 12.8. The second-order valence-corrected chi connectivity index (χ2v) is 4.49. The number of nitrogens with zero attached hydrogens (tertiary/aromatic N) is 1. The molecule has 0 spiro atoms. The van der Waals surface area contributed by atoms with Crippen LogP contribution in [0.4, 0.5) is 14.5 Å². The van der Waals surface area contributed by atoms with Crippen LogP contribution in [0.1, 0.15) is 18.4 Å². The molecule has 2 rings (SSSR count). The van der Waals surface area contributed by atoms with Gasteiger partial charge in [-0.15, -0.1) is 0 Å². The number of likely N-dealkylation sites (tertiary alicyclic amines) is 1. The second-order valence-electron chi connectivity index (χ2n) is 4.49. The Labute approximate surface area is 105 Å². The van der Waals surface area contributed by atoms with E-state index in [1.807, 2.05) is 0 Å². The molecule has 1 heterocycles. The van der Waals surface area contributed by atoms with E-state index in [9.17, 15) is 13.6 Å². The number of amides is 1. The first-order chi connectivity index (χ1) is 8.59. The number of carbonyl (C=O) groups excluding carboxylic acids is 1. The number of nitrogens with one attached hydrogen (secondary N) is 1.